The van der Waals surface area contributed by atoms with Gasteiger partial charge in [0, 0.05) is 16.3 Å². The molecule has 1 heterocycles. The lowest BCUT2D eigenvalue weighted by molar-refractivity contribution is 0.476. The Morgan fingerprint density at radius 2 is 1.23 bits per heavy atom. The summed E-state index contributed by atoms with van der Waals surface area (Å²) >= 11 is 0. The van der Waals surface area contributed by atoms with Gasteiger partial charge in [-0.15, -0.1) is 0 Å². The second-order valence-corrected chi connectivity index (χ2v) is 7.58. The van der Waals surface area contributed by atoms with Gasteiger partial charge in [0.1, 0.15) is 16.9 Å². The second kappa shape index (κ2) is 6.19. The molecule has 0 spiro atoms. The minimum atomic E-state index is -0.0209. The fourth-order valence-electron chi connectivity index (χ4n) is 4.26. The van der Waals surface area contributed by atoms with Crippen molar-refractivity contribution in [1.29, 1.82) is 0 Å². The third-order valence-corrected chi connectivity index (χ3v) is 5.65. The molecule has 0 aliphatic rings. The van der Waals surface area contributed by atoms with E-state index in [-0.39, 0.29) is 11.2 Å². The number of hydrogen-bond donors (Lipinski definition) is 1. The average molecular weight is 388 g/mol. The third-order valence-electron chi connectivity index (χ3n) is 5.65. The monoisotopic (exact) mass is 388 g/mol. The number of rotatable bonds is 1. The Hall–Kier alpha value is -4.11. The van der Waals surface area contributed by atoms with Crippen molar-refractivity contribution < 1.29 is 9.52 Å². The summed E-state index contributed by atoms with van der Waals surface area (Å²) in [7, 11) is 0. The van der Waals surface area contributed by atoms with E-state index in [4.69, 9.17) is 4.42 Å². The largest absolute Gasteiger partial charge is 0.508 e. The molecule has 3 heteroatoms. The Morgan fingerprint density at radius 1 is 0.600 bits per heavy atom. The summed E-state index contributed by atoms with van der Waals surface area (Å²) in [5.74, 6) is 0.222. The molecule has 0 atom stereocenters. The fourth-order valence-corrected chi connectivity index (χ4v) is 4.26. The maximum atomic E-state index is 11.8. The van der Waals surface area contributed by atoms with E-state index in [0.717, 1.165) is 54.6 Å². The molecule has 0 aliphatic carbocycles. The van der Waals surface area contributed by atoms with Gasteiger partial charge in [0.05, 0.1) is 0 Å². The Balaban J connectivity index is 1.84. The van der Waals surface area contributed by atoms with Gasteiger partial charge in [-0.3, -0.25) is 4.79 Å². The van der Waals surface area contributed by atoms with E-state index < -0.39 is 0 Å². The number of hydrogen-bond acceptors (Lipinski definition) is 3. The topological polar surface area (TPSA) is 50.4 Å². The van der Waals surface area contributed by atoms with Crippen LogP contribution < -0.4 is 5.43 Å². The van der Waals surface area contributed by atoms with Crippen LogP contribution >= 0.6 is 0 Å². The molecule has 0 fully saturated rings. The van der Waals surface area contributed by atoms with Crippen molar-refractivity contribution in [3.8, 4) is 16.9 Å². The maximum absolute atomic E-state index is 11.8. The molecule has 0 saturated carbocycles. The van der Waals surface area contributed by atoms with Crippen LogP contribution in [0.5, 0.6) is 5.75 Å². The highest BCUT2D eigenvalue weighted by Crippen LogP contribution is 2.39. The van der Waals surface area contributed by atoms with Crippen LogP contribution in [0, 0.1) is 0 Å². The third kappa shape index (κ3) is 2.56. The molecule has 1 aromatic heterocycles. The number of aromatic hydroxyl groups is 1. The molecule has 6 aromatic rings. The van der Waals surface area contributed by atoms with Gasteiger partial charge in [-0.25, -0.2) is 0 Å². The normalized spacial score (nSPS) is 11.6. The van der Waals surface area contributed by atoms with Crippen molar-refractivity contribution in [1.82, 2.24) is 0 Å². The van der Waals surface area contributed by atoms with Gasteiger partial charge in [0.15, 0.2) is 5.43 Å². The number of phenolic OH excluding ortho intramolecular Hbond substituents is 1. The van der Waals surface area contributed by atoms with E-state index in [9.17, 15) is 9.90 Å². The van der Waals surface area contributed by atoms with Crippen molar-refractivity contribution in [3.05, 3.63) is 101 Å². The van der Waals surface area contributed by atoms with Crippen LogP contribution in [0.2, 0.25) is 0 Å². The first-order valence-electron chi connectivity index (χ1n) is 9.78. The molecule has 142 valence electrons. The van der Waals surface area contributed by atoms with E-state index in [1.54, 1.807) is 24.3 Å². The second-order valence-electron chi connectivity index (χ2n) is 7.58. The molecule has 5 aromatic carbocycles. The number of benzene rings is 5. The molecule has 30 heavy (non-hydrogen) atoms. The minimum absolute atomic E-state index is 0.0209. The van der Waals surface area contributed by atoms with Gasteiger partial charge in [-0.05, 0) is 75.6 Å². The van der Waals surface area contributed by atoms with Crippen molar-refractivity contribution >= 4 is 43.5 Å². The lowest BCUT2D eigenvalue weighted by Crippen LogP contribution is -1.94. The van der Waals surface area contributed by atoms with Crippen molar-refractivity contribution in [3.63, 3.8) is 0 Å². The summed E-state index contributed by atoms with van der Waals surface area (Å²) < 4.78 is 6.32. The summed E-state index contributed by atoms with van der Waals surface area (Å²) in [6.45, 7) is 0. The fraction of sp³-hybridized carbons (Fsp3) is 0. The molecule has 0 aliphatic heterocycles. The quantitative estimate of drug-likeness (QED) is 0.322. The minimum Gasteiger partial charge on any atom is -0.508 e. The number of phenols is 1. The standard InChI is InChI=1S/C27H16O3/c28-21-8-6-17-12-23-25(14-19(17)10-21)30-26-15-20-11-22(29)9-7-18(20)13-24(26)27(23)16-4-2-1-3-5-16/h1-15,28H. The van der Waals surface area contributed by atoms with Gasteiger partial charge in [-0.1, -0.05) is 42.5 Å². The van der Waals surface area contributed by atoms with Crippen LogP contribution in [0.1, 0.15) is 0 Å². The van der Waals surface area contributed by atoms with E-state index in [0.29, 0.717) is 0 Å². The maximum Gasteiger partial charge on any atom is 0.179 e. The summed E-state index contributed by atoms with van der Waals surface area (Å²) in [5.41, 5.74) is 3.62. The van der Waals surface area contributed by atoms with Crippen molar-refractivity contribution in [2.45, 2.75) is 0 Å². The van der Waals surface area contributed by atoms with E-state index in [2.05, 4.69) is 24.3 Å². The van der Waals surface area contributed by atoms with Crippen LogP contribution in [0.15, 0.2) is 100 Å². The Kier molecular flexibility index (Phi) is 3.47. The van der Waals surface area contributed by atoms with E-state index >= 15 is 0 Å². The van der Waals surface area contributed by atoms with Gasteiger partial charge in [0.2, 0.25) is 0 Å². The predicted molar refractivity (Wildman–Crippen MR) is 122 cm³/mol. The number of fused-ring (bicyclic) bond motifs is 4. The lowest BCUT2D eigenvalue weighted by atomic mass is 9.94. The van der Waals surface area contributed by atoms with Crippen LogP contribution in [0.25, 0.3) is 54.6 Å². The first-order valence-corrected chi connectivity index (χ1v) is 9.78. The molecule has 0 unspecified atom stereocenters. The van der Waals surface area contributed by atoms with Gasteiger partial charge >= 0.3 is 0 Å². The first kappa shape index (κ1) is 16.8. The Morgan fingerprint density at radius 3 is 1.93 bits per heavy atom. The summed E-state index contributed by atoms with van der Waals surface area (Å²) in [6.07, 6.45) is 0. The molecule has 0 bridgehead atoms. The smallest absolute Gasteiger partial charge is 0.179 e. The summed E-state index contributed by atoms with van der Waals surface area (Å²) in [4.78, 5) is 11.8. The highest BCUT2D eigenvalue weighted by molar-refractivity contribution is 6.14. The van der Waals surface area contributed by atoms with Gasteiger partial charge < -0.3 is 9.52 Å². The lowest BCUT2D eigenvalue weighted by Gasteiger charge is -2.13. The van der Waals surface area contributed by atoms with Crippen LogP contribution in [-0.4, -0.2) is 5.11 Å². The molecule has 3 nitrogen and oxygen atoms in total. The summed E-state index contributed by atoms with van der Waals surface area (Å²) in [6, 6.07) is 28.8. The molecule has 1 N–H and O–H groups in total. The molecule has 6 rings (SSSR count). The SMILES string of the molecule is O=c1ccc2cc3c(-c4ccccc4)c4cc5ccc(O)cc5cc4oc3cc2c1. The van der Waals surface area contributed by atoms with Crippen LogP contribution in [-0.2, 0) is 0 Å². The zero-order valence-electron chi connectivity index (χ0n) is 15.9. The van der Waals surface area contributed by atoms with Crippen molar-refractivity contribution in [2.24, 2.45) is 0 Å². The highest BCUT2D eigenvalue weighted by atomic mass is 16.3. The van der Waals surface area contributed by atoms with E-state index in [1.807, 2.05) is 42.5 Å². The average Bonchev–Trinajstić information content (AvgIpc) is 2.75. The molecular formula is C27H16O3. The first-order chi connectivity index (χ1) is 14.7. The Labute approximate surface area is 171 Å². The zero-order chi connectivity index (χ0) is 20.2. The molecule has 0 amide bonds. The van der Waals surface area contributed by atoms with Crippen LogP contribution in [0.3, 0.4) is 0 Å². The molecular weight excluding hydrogens is 372 g/mol. The van der Waals surface area contributed by atoms with Gasteiger partial charge in [0.25, 0.3) is 0 Å². The predicted octanol–water partition coefficient (Wildman–Crippen LogP) is 6.63. The molecule has 0 saturated heterocycles. The molecule has 0 radical (unpaired) electrons. The van der Waals surface area contributed by atoms with Crippen molar-refractivity contribution in [2.75, 3.05) is 0 Å². The summed E-state index contributed by atoms with van der Waals surface area (Å²) in [5, 5.41) is 15.7. The highest BCUT2D eigenvalue weighted by Gasteiger charge is 2.14. The van der Waals surface area contributed by atoms with Gasteiger partial charge in [-0.2, -0.15) is 0 Å². The Bertz CT molecular complexity index is 1660. The van der Waals surface area contributed by atoms with Crippen LogP contribution in [0.4, 0.5) is 0 Å². The van der Waals surface area contributed by atoms with E-state index in [1.165, 1.54) is 0 Å². The zero-order valence-corrected chi connectivity index (χ0v) is 15.9.